The summed E-state index contributed by atoms with van der Waals surface area (Å²) in [6.07, 6.45) is 10.6. The maximum atomic E-state index is 9.36. The second kappa shape index (κ2) is 8.12. The zero-order chi connectivity index (χ0) is 10.9. The Bertz CT molecular complexity index is 149. The lowest BCUT2D eigenvalue weighted by molar-refractivity contribution is 0.175. The van der Waals surface area contributed by atoms with Crippen molar-refractivity contribution in [3.8, 4) is 0 Å². The van der Waals surface area contributed by atoms with Gasteiger partial charge in [-0.25, -0.2) is 0 Å². The van der Waals surface area contributed by atoms with Crippen LogP contribution in [0.4, 0.5) is 0 Å². The molecule has 0 bridgehead atoms. The van der Waals surface area contributed by atoms with Crippen molar-refractivity contribution < 1.29 is 5.11 Å². The zero-order valence-electron chi connectivity index (χ0n) is 10.2. The maximum Gasteiger partial charge on any atom is 0.0679 e. The number of rotatable bonds is 8. The number of hydrogen-bond donors (Lipinski definition) is 1. The summed E-state index contributed by atoms with van der Waals surface area (Å²) in [5.41, 5.74) is 0. The summed E-state index contributed by atoms with van der Waals surface area (Å²) in [4.78, 5) is 2.40. The average molecular weight is 213 g/mol. The first-order valence-electron chi connectivity index (χ1n) is 6.73. The molecule has 1 N–H and O–H groups in total. The van der Waals surface area contributed by atoms with Crippen molar-refractivity contribution in [1.29, 1.82) is 0 Å². The van der Waals surface area contributed by atoms with E-state index in [4.69, 9.17) is 0 Å². The molecular formula is C13H27NO. The average Bonchev–Trinajstić information content (AvgIpc) is 2.63. The molecule has 0 spiro atoms. The maximum absolute atomic E-state index is 9.36. The predicted molar refractivity (Wildman–Crippen MR) is 65.1 cm³/mol. The molecule has 1 heterocycles. The molecule has 2 heteroatoms. The fraction of sp³-hybridized carbons (Fsp3) is 1.00. The van der Waals surface area contributed by atoms with Crippen LogP contribution in [0, 0.1) is 0 Å². The van der Waals surface area contributed by atoms with E-state index >= 15 is 0 Å². The van der Waals surface area contributed by atoms with Gasteiger partial charge in [-0.3, -0.25) is 0 Å². The molecule has 0 radical (unpaired) electrons. The first kappa shape index (κ1) is 13.0. The lowest BCUT2D eigenvalue weighted by Crippen LogP contribution is -2.23. The first-order chi connectivity index (χ1) is 7.33. The molecule has 0 amide bonds. The largest absolute Gasteiger partial charge is 0.392 e. The van der Waals surface area contributed by atoms with E-state index < -0.39 is 0 Å². The molecule has 0 saturated carbocycles. The first-order valence-corrected chi connectivity index (χ1v) is 6.73. The lowest BCUT2D eigenvalue weighted by atomic mass is 10.1. The van der Waals surface area contributed by atoms with Crippen molar-refractivity contribution in [2.75, 3.05) is 19.6 Å². The Morgan fingerprint density at radius 3 is 2.33 bits per heavy atom. The van der Waals surface area contributed by atoms with E-state index in [2.05, 4.69) is 11.8 Å². The Morgan fingerprint density at radius 2 is 1.73 bits per heavy atom. The van der Waals surface area contributed by atoms with Gasteiger partial charge in [0.05, 0.1) is 6.10 Å². The van der Waals surface area contributed by atoms with Gasteiger partial charge in [0.15, 0.2) is 0 Å². The Kier molecular flexibility index (Phi) is 7.03. The number of unbranched alkanes of at least 4 members (excludes halogenated alkanes) is 6. The molecule has 90 valence electrons. The van der Waals surface area contributed by atoms with E-state index in [0.717, 1.165) is 19.5 Å². The van der Waals surface area contributed by atoms with E-state index in [1.165, 1.54) is 51.5 Å². The quantitative estimate of drug-likeness (QED) is 0.627. The summed E-state index contributed by atoms with van der Waals surface area (Å²) in [6.45, 7) is 5.48. The van der Waals surface area contributed by atoms with Crippen LogP contribution in [0.25, 0.3) is 0 Å². The third kappa shape index (κ3) is 6.16. The Balaban J connectivity index is 1.81. The minimum absolute atomic E-state index is 0.0467. The third-order valence-electron chi connectivity index (χ3n) is 3.33. The smallest absolute Gasteiger partial charge is 0.0679 e. The van der Waals surface area contributed by atoms with Crippen molar-refractivity contribution in [2.45, 2.75) is 64.4 Å². The van der Waals surface area contributed by atoms with Crippen LogP contribution in [-0.4, -0.2) is 35.7 Å². The summed E-state index contributed by atoms with van der Waals surface area (Å²) in [5.74, 6) is 0. The van der Waals surface area contributed by atoms with Crippen molar-refractivity contribution in [3.63, 3.8) is 0 Å². The SMILES string of the molecule is CCCCCCCCCN1CC[C@@H](O)C1. The number of hydrogen-bond acceptors (Lipinski definition) is 2. The van der Waals surface area contributed by atoms with Crippen LogP contribution < -0.4 is 0 Å². The van der Waals surface area contributed by atoms with Crippen LogP contribution in [0.3, 0.4) is 0 Å². The van der Waals surface area contributed by atoms with E-state index in [1.807, 2.05) is 0 Å². The van der Waals surface area contributed by atoms with E-state index in [1.54, 1.807) is 0 Å². The van der Waals surface area contributed by atoms with Crippen LogP contribution in [0.2, 0.25) is 0 Å². The number of β-amino-alcohol motifs (C(OH)–C–C–N with tert-alkyl or cyclic N) is 1. The summed E-state index contributed by atoms with van der Waals surface area (Å²) in [6, 6.07) is 0. The molecule has 2 nitrogen and oxygen atoms in total. The predicted octanol–water partition coefficient (Wildman–Crippen LogP) is 2.80. The van der Waals surface area contributed by atoms with Gasteiger partial charge < -0.3 is 10.0 Å². The van der Waals surface area contributed by atoms with E-state index in [0.29, 0.717) is 0 Å². The highest BCUT2D eigenvalue weighted by Crippen LogP contribution is 2.11. The Hall–Kier alpha value is -0.0800. The molecule has 0 aromatic heterocycles. The van der Waals surface area contributed by atoms with Gasteiger partial charge in [0.1, 0.15) is 0 Å². The molecule has 0 aromatic carbocycles. The standard InChI is InChI=1S/C13H27NO/c1-2-3-4-5-6-7-8-10-14-11-9-13(15)12-14/h13,15H,2-12H2,1H3/t13-/m1/s1. The number of likely N-dealkylation sites (tertiary alicyclic amines) is 1. The van der Waals surface area contributed by atoms with Gasteiger partial charge in [0.2, 0.25) is 0 Å². The highest BCUT2D eigenvalue weighted by atomic mass is 16.3. The van der Waals surface area contributed by atoms with Gasteiger partial charge in [-0.15, -0.1) is 0 Å². The third-order valence-corrected chi connectivity index (χ3v) is 3.33. The minimum atomic E-state index is -0.0467. The number of nitrogens with zero attached hydrogens (tertiary/aromatic N) is 1. The molecule has 0 unspecified atom stereocenters. The van der Waals surface area contributed by atoms with Crippen LogP contribution in [0.5, 0.6) is 0 Å². The molecule has 1 atom stereocenters. The molecule has 1 aliphatic heterocycles. The van der Waals surface area contributed by atoms with Gasteiger partial charge in [0, 0.05) is 13.1 Å². The summed E-state index contributed by atoms with van der Waals surface area (Å²) >= 11 is 0. The summed E-state index contributed by atoms with van der Waals surface area (Å²) in [7, 11) is 0. The molecular weight excluding hydrogens is 186 g/mol. The topological polar surface area (TPSA) is 23.5 Å². The monoisotopic (exact) mass is 213 g/mol. The van der Waals surface area contributed by atoms with Gasteiger partial charge in [0.25, 0.3) is 0 Å². The van der Waals surface area contributed by atoms with E-state index in [9.17, 15) is 5.11 Å². The van der Waals surface area contributed by atoms with Gasteiger partial charge >= 0.3 is 0 Å². The minimum Gasteiger partial charge on any atom is -0.392 e. The lowest BCUT2D eigenvalue weighted by Gasteiger charge is -2.14. The molecule has 1 saturated heterocycles. The molecule has 0 aromatic rings. The second-order valence-corrected chi connectivity index (χ2v) is 4.86. The van der Waals surface area contributed by atoms with Crippen LogP contribution >= 0.6 is 0 Å². The summed E-state index contributed by atoms with van der Waals surface area (Å²) < 4.78 is 0. The van der Waals surface area contributed by atoms with Crippen molar-refractivity contribution in [3.05, 3.63) is 0 Å². The Morgan fingerprint density at radius 1 is 1.07 bits per heavy atom. The second-order valence-electron chi connectivity index (χ2n) is 4.86. The van der Waals surface area contributed by atoms with Gasteiger partial charge in [-0.2, -0.15) is 0 Å². The molecule has 15 heavy (non-hydrogen) atoms. The van der Waals surface area contributed by atoms with E-state index in [-0.39, 0.29) is 6.10 Å². The normalized spacial score (nSPS) is 22.4. The summed E-state index contributed by atoms with van der Waals surface area (Å²) in [5, 5.41) is 9.36. The molecule has 1 rings (SSSR count). The van der Waals surface area contributed by atoms with Crippen molar-refractivity contribution in [1.82, 2.24) is 4.90 Å². The number of aliphatic hydroxyl groups is 1. The fourth-order valence-electron chi connectivity index (χ4n) is 2.31. The van der Waals surface area contributed by atoms with Crippen LogP contribution in [-0.2, 0) is 0 Å². The highest BCUT2D eigenvalue weighted by molar-refractivity contribution is 4.73. The van der Waals surface area contributed by atoms with Crippen molar-refractivity contribution >= 4 is 0 Å². The molecule has 0 aliphatic carbocycles. The molecule has 1 fully saturated rings. The Labute approximate surface area is 94.7 Å². The molecule has 1 aliphatic rings. The zero-order valence-corrected chi connectivity index (χ0v) is 10.2. The highest BCUT2D eigenvalue weighted by Gasteiger charge is 2.18. The van der Waals surface area contributed by atoms with Gasteiger partial charge in [-0.1, -0.05) is 45.4 Å². The van der Waals surface area contributed by atoms with Crippen molar-refractivity contribution in [2.24, 2.45) is 0 Å². The van der Waals surface area contributed by atoms with Gasteiger partial charge in [-0.05, 0) is 19.4 Å². The van der Waals surface area contributed by atoms with Crippen LogP contribution in [0.1, 0.15) is 58.3 Å². The fourth-order valence-corrected chi connectivity index (χ4v) is 2.31. The number of aliphatic hydroxyl groups excluding tert-OH is 1. The van der Waals surface area contributed by atoms with Crippen LogP contribution in [0.15, 0.2) is 0 Å².